The van der Waals surface area contributed by atoms with E-state index in [1.54, 1.807) is 18.9 Å². The number of ether oxygens (including phenoxy) is 1. The minimum atomic E-state index is 0.866. The molecule has 0 saturated heterocycles. The van der Waals surface area contributed by atoms with Gasteiger partial charge in [-0.1, -0.05) is 60.3 Å². The van der Waals surface area contributed by atoms with Gasteiger partial charge in [-0.05, 0) is 55.9 Å². The van der Waals surface area contributed by atoms with Gasteiger partial charge in [0.05, 0.1) is 7.11 Å². The Labute approximate surface area is 143 Å². The Morgan fingerprint density at radius 3 is 2.45 bits per heavy atom. The van der Waals surface area contributed by atoms with E-state index in [1.165, 1.54) is 15.7 Å². The summed E-state index contributed by atoms with van der Waals surface area (Å²) in [5, 5.41) is 4.67. The van der Waals surface area contributed by atoms with Crippen molar-refractivity contribution in [3.8, 4) is 5.75 Å². The lowest BCUT2D eigenvalue weighted by Gasteiger charge is -2.05. The number of benzene rings is 3. The number of methoxy groups -OCH3 is 1. The van der Waals surface area contributed by atoms with Gasteiger partial charge in [-0.3, -0.25) is 0 Å². The van der Waals surface area contributed by atoms with E-state index >= 15 is 0 Å². The summed E-state index contributed by atoms with van der Waals surface area (Å²) in [5.41, 5.74) is 1.13. The smallest absolute Gasteiger partial charge is 0.118 e. The van der Waals surface area contributed by atoms with Gasteiger partial charge >= 0.3 is 0 Å². The second-order valence-corrected chi connectivity index (χ2v) is 6.55. The largest absolute Gasteiger partial charge is 0.497 e. The highest BCUT2D eigenvalue weighted by molar-refractivity contribution is 9.15. The van der Waals surface area contributed by atoms with Crippen molar-refractivity contribution in [1.29, 1.82) is 0 Å². The first-order valence-corrected chi connectivity index (χ1v) is 8.60. The van der Waals surface area contributed by atoms with Crippen LogP contribution in [0, 0.1) is 0 Å². The minimum Gasteiger partial charge on any atom is -0.497 e. The number of hydrogen-bond acceptors (Lipinski definition) is 2. The summed E-state index contributed by atoms with van der Waals surface area (Å²) < 4.78 is 6.25. The molecular formula is C19H15BrOS. The van der Waals surface area contributed by atoms with Crippen molar-refractivity contribution in [3.63, 3.8) is 0 Å². The van der Waals surface area contributed by atoms with Crippen LogP contribution in [0.15, 0.2) is 77.0 Å². The summed E-state index contributed by atoms with van der Waals surface area (Å²) in [6.07, 6.45) is 0. The average Bonchev–Trinajstić information content (AvgIpc) is 2.59. The van der Waals surface area contributed by atoms with Crippen LogP contribution in [-0.4, -0.2) is 7.11 Å². The molecule has 0 bridgehead atoms. The lowest BCUT2D eigenvalue weighted by molar-refractivity contribution is 0.415. The highest BCUT2D eigenvalue weighted by Crippen LogP contribution is 2.33. The third kappa shape index (κ3) is 3.37. The Morgan fingerprint density at radius 1 is 0.955 bits per heavy atom. The Hall–Kier alpha value is -1.71. The first-order chi connectivity index (χ1) is 10.8. The predicted octanol–water partition coefficient (Wildman–Crippen LogP) is 6.33. The molecule has 0 spiro atoms. The third-order valence-electron chi connectivity index (χ3n) is 3.40. The molecule has 0 aliphatic heterocycles. The first-order valence-electron chi connectivity index (χ1n) is 6.92. The van der Waals surface area contributed by atoms with Crippen molar-refractivity contribution in [3.05, 3.63) is 77.7 Å². The van der Waals surface area contributed by atoms with Crippen LogP contribution in [0.1, 0.15) is 5.56 Å². The number of hydrogen-bond donors (Lipinski definition) is 0. The lowest BCUT2D eigenvalue weighted by atomic mass is 10.1. The molecule has 0 saturated carbocycles. The Kier molecular flexibility index (Phi) is 4.86. The van der Waals surface area contributed by atoms with Crippen LogP contribution < -0.4 is 4.74 Å². The fraction of sp³-hybridized carbons (Fsp3) is 0.0526. The molecule has 3 aromatic rings. The zero-order valence-electron chi connectivity index (χ0n) is 12.1. The average molecular weight is 371 g/mol. The summed E-state index contributed by atoms with van der Waals surface area (Å²) in [7, 11) is 1.68. The summed E-state index contributed by atoms with van der Waals surface area (Å²) in [5.74, 6) is 0.866. The second-order valence-electron chi connectivity index (χ2n) is 4.79. The Morgan fingerprint density at radius 2 is 1.68 bits per heavy atom. The van der Waals surface area contributed by atoms with Crippen LogP contribution in [0.5, 0.6) is 5.75 Å². The highest BCUT2D eigenvalue weighted by Gasteiger charge is 2.02. The standard InChI is InChI=1S/C19H15BrOS/c1-21-16-11-9-15(10-12-16)18(20)13-22-19-8-4-6-14-5-2-3-7-17(14)19/h2-13H,1H3/b18-13+. The van der Waals surface area contributed by atoms with Gasteiger partial charge in [-0.15, -0.1) is 0 Å². The molecule has 0 N–H and O–H groups in total. The molecule has 1 nitrogen and oxygen atoms in total. The second kappa shape index (κ2) is 7.03. The zero-order valence-corrected chi connectivity index (χ0v) is 14.5. The van der Waals surface area contributed by atoms with E-state index in [1.807, 2.05) is 24.3 Å². The molecule has 0 aliphatic carbocycles. The topological polar surface area (TPSA) is 9.23 Å². The molecule has 0 radical (unpaired) electrons. The molecule has 3 aromatic carbocycles. The van der Waals surface area contributed by atoms with Crippen LogP contribution in [0.25, 0.3) is 15.3 Å². The number of halogens is 1. The number of rotatable bonds is 4. The van der Waals surface area contributed by atoms with E-state index in [-0.39, 0.29) is 0 Å². The molecule has 0 aliphatic rings. The van der Waals surface area contributed by atoms with Crippen molar-refractivity contribution in [2.24, 2.45) is 0 Å². The van der Waals surface area contributed by atoms with E-state index in [2.05, 4.69) is 63.8 Å². The molecule has 0 aromatic heterocycles. The van der Waals surface area contributed by atoms with Crippen molar-refractivity contribution in [2.45, 2.75) is 4.90 Å². The predicted molar refractivity (Wildman–Crippen MR) is 99.7 cm³/mol. The van der Waals surface area contributed by atoms with Crippen LogP contribution in [0.4, 0.5) is 0 Å². The third-order valence-corrected chi connectivity index (χ3v) is 5.36. The summed E-state index contributed by atoms with van der Waals surface area (Å²) in [6.45, 7) is 0. The quantitative estimate of drug-likeness (QED) is 0.495. The van der Waals surface area contributed by atoms with Crippen molar-refractivity contribution in [1.82, 2.24) is 0 Å². The monoisotopic (exact) mass is 370 g/mol. The van der Waals surface area contributed by atoms with Crippen LogP contribution in [0.3, 0.4) is 0 Å². The molecule has 3 heteroatoms. The minimum absolute atomic E-state index is 0.866. The summed E-state index contributed by atoms with van der Waals surface area (Å²) in [4.78, 5) is 1.25. The molecule has 22 heavy (non-hydrogen) atoms. The van der Waals surface area contributed by atoms with Gasteiger partial charge in [-0.2, -0.15) is 0 Å². The number of fused-ring (bicyclic) bond motifs is 1. The Bertz CT molecular complexity index is 804. The fourth-order valence-corrected chi connectivity index (χ4v) is 3.61. The van der Waals surface area contributed by atoms with Crippen LogP contribution >= 0.6 is 27.7 Å². The zero-order chi connectivity index (χ0) is 15.4. The summed E-state index contributed by atoms with van der Waals surface area (Å²) in [6, 6.07) is 22.9. The number of thioether (sulfide) groups is 1. The molecule has 3 rings (SSSR count). The van der Waals surface area contributed by atoms with E-state index in [0.717, 1.165) is 15.8 Å². The first kappa shape index (κ1) is 15.2. The van der Waals surface area contributed by atoms with Crippen LogP contribution in [-0.2, 0) is 0 Å². The van der Waals surface area contributed by atoms with Gasteiger partial charge in [0, 0.05) is 9.38 Å². The van der Waals surface area contributed by atoms with Gasteiger partial charge in [0.2, 0.25) is 0 Å². The normalized spacial score (nSPS) is 11.6. The van der Waals surface area contributed by atoms with Gasteiger partial charge in [0.15, 0.2) is 0 Å². The molecule has 110 valence electrons. The van der Waals surface area contributed by atoms with Gasteiger partial charge in [0.1, 0.15) is 5.75 Å². The maximum Gasteiger partial charge on any atom is 0.118 e. The van der Waals surface area contributed by atoms with Gasteiger partial charge < -0.3 is 4.74 Å². The van der Waals surface area contributed by atoms with Gasteiger partial charge in [0.25, 0.3) is 0 Å². The van der Waals surface area contributed by atoms with Crippen molar-refractivity contribution < 1.29 is 4.74 Å². The molecule has 0 atom stereocenters. The van der Waals surface area contributed by atoms with E-state index in [4.69, 9.17) is 4.74 Å². The highest BCUT2D eigenvalue weighted by atomic mass is 79.9. The Balaban J connectivity index is 1.85. The maximum atomic E-state index is 5.19. The molecule has 0 fully saturated rings. The van der Waals surface area contributed by atoms with E-state index in [0.29, 0.717) is 0 Å². The lowest BCUT2D eigenvalue weighted by Crippen LogP contribution is -1.82. The fourth-order valence-electron chi connectivity index (χ4n) is 2.23. The summed E-state index contributed by atoms with van der Waals surface area (Å²) >= 11 is 5.38. The maximum absolute atomic E-state index is 5.19. The molecular weight excluding hydrogens is 356 g/mol. The molecule has 0 amide bonds. The van der Waals surface area contributed by atoms with Crippen molar-refractivity contribution >= 4 is 42.9 Å². The van der Waals surface area contributed by atoms with Gasteiger partial charge in [-0.25, -0.2) is 0 Å². The van der Waals surface area contributed by atoms with Crippen molar-refractivity contribution in [2.75, 3.05) is 7.11 Å². The van der Waals surface area contributed by atoms with Crippen LogP contribution in [0.2, 0.25) is 0 Å². The molecule has 0 unspecified atom stereocenters. The molecule has 0 heterocycles. The van der Waals surface area contributed by atoms with E-state index < -0.39 is 0 Å². The van der Waals surface area contributed by atoms with E-state index in [9.17, 15) is 0 Å². The SMILES string of the molecule is COc1ccc(/C(Br)=C\Sc2cccc3ccccc23)cc1.